The summed E-state index contributed by atoms with van der Waals surface area (Å²) < 4.78 is 68.0. The molecular weight excluding hydrogens is 435 g/mol. The number of carbonyl (C=O) groups excluding carboxylic acids is 1. The number of aromatic nitrogens is 2. The number of anilines is 2. The molecule has 0 saturated carbocycles. The average molecular weight is 449 g/mol. The number of hydrogen-bond acceptors (Lipinski definition) is 6. The highest BCUT2D eigenvalue weighted by Crippen LogP contribution is 2.34. The predicted molar refractivity (Wildman–Crippen MR) is 104 cm³/mol. The quantitative estimate of drug-likeness (QED) is 0.530. The van der Waals surface area contributed by atoms with Crippen molar-refractivity contribution in [3.05, 3.63) is 77.6 Å². The Bertz CT molecular complexity index is 1280. The normalized spacial score (nSPS) is 19.2. The Morgan fingerprint density at radius 3 is 2.45 bits per heavy atom. The molecule has 0 saturated heterocycles. The molecule has 3 aromatic rings. The predicted octanol–water partition coefficient (Wildman–Crippen LogP) is 2.72. The number of rotatable bonds is 3. The summed E-state index contributed by atoms with van der Waals surface area (Å²) in [4.78, 5) is 20.3. The van der Waals surface area contributed by atoms with Crippen LogP contribution in [0.4, 0.5) is 24.5 Å². The monoisotopic (exact) mass is 449 g/mol. The summed E-state index contributed by atoms with van der Waals surface area (Å²) in [7, 11) is -4.08. The van der Waals surface area contributed by atoms with Gasteiger partial charge in [0.05, 0.1) is 17.6 Å². The third-order valence-corrected chi connectivity index (χ3v) is 6.17. The number of sulfonamides is 1. The van der Waals surface area contributed by atoms with Crippen molar-refractivity contribution in [1.82, 2.24) is 14.7 Å². The number of nitrogens with zero attached hydrogens (tertiary/aromatic N) is 2. The van der Waals surface area contributed by atoms with Crippen molar-refractivity contribution in [2.75, 3.05) is 10.6 Å². The largest absolute Gasteiger partial charge is 0.361 e. The van der Waals surface area contributed by atoms with Crippen LogP contribution in [0.5, 0.6) is 0 Å². The summed E-state index contributed by atoms with van der Waals surface area (Å²) >= 11 is 0. The Balaban J connectivity index is 1.66. The molecule has 0 radical (unpaired) electrons. The highest BCUT2D eigenvalue weighted by molar-refractivity contribution is 7.89. The van der Waals surface area contributed by atoms with E-state index in [9.17, 15) is 26.4 Å². The fraction of sp³-hybridized carbons (Fsp3) is 0.105. The number of halogens is 3. The van der Waals surface area contributed by atoms with Crippen LogP contribution in [0.1, 0.15) is 23.0 Å². The number of benzene rings is 2. The highest BCUT2D eigenvalue weighted by Gasteiger charge is 2.40. The first-order valence-electron chi connectivity index (χ1n) is 8.78. The molecule has 1 unspecified atom stereocenters. The molecule has 1 aromatic heterocycles. The summed E-state index contributed by atoms with van der Waals surface area (Å²) in [5, 5.41) is 5.22. The van der Waals surface area contributed by atoms with Crippen molar-refractivity contribution in [3.63, 3.8) is 0 Å². The molecule has 4 rings (SSSR count). The zero-order valence-corrected chi connectivity index (χ0v) is 16.6. The fourth-order valence-corrected chi connectivity index (χ4v) is 4.61. The zero-order valence-electron chi connectivity index (χ0n) is 15.8. The van der Waals surface area contributed by atoms with Crippen LogP contribution >= 0.6 is 0 Å². The van der Waals surface area contributed by atoms with Gasteiger partial charge in [0.1, 0.15) is 10.6 Å². The van der Waals surface area contributed by atoms with Crippen molar-refractivity contribution in [2.24, 2.45) is 0 Å². The molecular formula is C19H14F3N5O3S. The maximum atomic E-state index is 13.4. The maximum Gasteiger partial charge on any atom is 0.255 e. The van der Waals surface area contributed by atoms with Gasteiger partial charge in [-0.15, -0.1) is 0 Å². The minimum Gasteiger partial charge on any atom is -0.361 e. The van der Waals surface area contributed by atoms with E-state index >= 15 is 0 Å². The molecule has 12 heteroatoms. The topological polar surface area (TPSA) is 113 Å². The van der Waals surface area contributed by atoms with E-state index in [1.807, 2.05) is 0 Å². The van der Waals surface area contributed by atoms with E-state index in [-0.39, 0.29) is 21.8 Å². The van der Waals surface area contributed by atoms with Gasteiger partial charge < -0.3 is 10.6 Å². The minimum atomic E-state index is -4.08. The van der Waals surface area contributed by atoms with E-state index in [0.29, 0.717) is 17.8 Å². The van der Waals surface area contributed by atoms with Crippen LogP contribution in [0.15, 0.2) is 53.8 Å². The van der Waals surface area contributed by atoms with Gasteiger partial charge in [-0.2, -0.15) is 4.72 Å². The third-order valence-electron chi connectivity index (χ3n) is 4.57. The van der Waals surface area contributed by atoms with E-state index in [1.54, 1.807) is 6.92 Å². The van der Waals surface area contributed by atoms with Crippen LogP contribution in [-0.4, -0.2) is 24.3 Å². The van der Waals surface area contributed by atoms with Crippen molar-refractivity contribution < 1.29 is 26.4 Å². The van der Waals surface area contributed by atoms with Gasteiger partial charge in [0.25, 0.3) is 5.91 Å². The number of hydrogen-bond donors (Lipinski definition) is 3. The molecule has 0 fully saturated rings. The van der Waals surface area contributed by atoms with Gasteiger partial charge in [-0.05, 0) is 25.1 Å². The Morgan fingerprint density at radius 2 is 1.81 bits per heavy atom. The van der Waals surface area contributed by atoms with Gasteiger partial charge in [0, 0.05) is 35.8 Å². The average Bonchev–Trinajstić information content (AvgIpc) is 2.72. The first kappa shape index (κ1) is 20.8. The molecule has 1 atom stereocenters. The van der Waals surface area contributed by atoms with Crippen LogP contribution in [0.25, 0.3) is 0 Å². The van der Waals surface area contributed by atoms with E-state index in [1.165, 1.54) is 30.7 Å². The van der Waals surface area contributed by atoms with E-state index in [2.05, 4.69) is 25.3 Å². The summed E-state index contributed by atoms with van der Waals surface area (Å²) in [6, 6.07) is 5.03. The minimum absolute atomic E-state index is 0.0980. The Labute approximate surface area is 174 Å². The molecule has 1 aliphatic heterocycles. The van der Waals surface area contributed by atoms with Crippen molar-refractivity contribution >= 4 is 27.3 Å². The second kappa shape index (κ2) is 7.32. The second-order valence-electron chi connectivity index (χ2n) is 6.87. The van der Waals surface area contributed by atoms with Crippen LogP contribution in [-0.2, 0) is 15.7 Å². The first-order valence-corrected chi connectivity index (χ1v) is 10.3. The summed E-state index contributed by atoms with van der Waals surface area (Å²) in [5.41, 5.74) is -1.17. The molecule has 160 valence electrons. The number of amides is 1. The lowest BCUT2D eigenvalue weighted by Gasteiger charge is -2.36. The molecule has 31 heavy (non-hydrogen) atoms. The van der Waals surface area contributed by atoms with Crippen LogP contribution in [0.3, 0.4) is 0 Å². The molecule has 1 amide bonds. The van der Waals surface area contributed by atoms with Gasteiger partial charge in [0.2, 0.25) is 10.0 Å². The van der Waals surface area contributed by atoms with Crippen LogP contribution in [0.2, 0.25) is 0 Å². The van der Waals surface area contributed by atoms with Crippen molar-refractivity contribution in [2.45, 2.75) is 17.5 Å². The summed E-state index contributed by atoms with van der Waals surface area (Å²) in [6.45, 7) is 1.57. The van der Waals surface area contributed by atoms with Crippen molar-refractivity contribution in [3.8, 4) is 0 Å². The number of carbonyl (C=O) groups is 1. The molecule has 8 nitrogen and oxygen atoms in total. The number of fused-ring (bicyclic) bond motifs is 1. The van der Waals surface area contributed by atoms with E-state index in [4.69, 9.17) is 0 Å². The third kappa shape index (κ3) is 3.82. The fourth-order valence-electron chi connectivity index (χ4n) is 3.11. The standard InChI is InChI=1S/C19H14F3N5O3S/c1-19(16-9-23-4-5-24-16)26-14-3-2-10(6-15(14)31(29,30)27-19)18(28)25-11-7-12(20)17(22)13(21)8-11/h2-9,26-27H,1H3,(H,25,28). The number of nitrogens with one attached hydrogen (secondary N) is 3. The Hall–Kier alpha value is -3.51. The molecule has 0 spiro atoms. The molecule has 0 bridgehead atoms. The summed E-state index contributed by atoms with van der Waals surface area (Å²) in [6.07, 6.45) is 4.27. The lowest BCUT2D eigenvalue weighted by atomic mass is 10.1. The smallest absolute Gasteiger partial charge is 0.255 e. The Morgan fingerprint density at radius 1 is 1.10 bits per heavy atom. The highest BCUT2D eigenvalue weighted by atomic mass is 32.2. The maximum absolute atomic E-state index is 13.4. The van der Waals surface area contributed by atoms with E-state index < -0.39 is 39.0 Å². The van der Waals surface area contributed by atoms with Gasteiger partial charge in [-0.25, -0.2) is 21.6 Å². The van der Waals surface area contributed by atoms with Gasteiger partial charge >= 0.3 is 0 Å². The lowest BCUT2D eigenvalue weighted by molar-refractivity contribution is 0.102. The first-order chi connectivity index (χ1) is 14.6. The zero-order chi connectivity index (χ0) is 22.4. The van der Waals surface area contributed by atoms with Crippen LogP contribution < -0.4 is 15.4 Å². The van der Waals surface area contributed by atoms with Gasteiger partial charge in [-0.1, -0.05) is 0 Å². The van der Waals surface area contributed by atoms with E-state index in [0.717, 1.165) is 6.07 Å². The SMILES string of the molecule is CC1(c2cnccn2)Nc2ccc(C(=O)Nc3cc(F)c(F)c(F)c3)cc2S(=O)(=O)N1. The van der Waals surface area contributed by atoms with Gasteiger partial charge in [0.15, 0.2) is 17.5 Å². The Kier molecular flexibility index (Phi) is 4.90. The van der Waals surface area contributed by atoms with Gasteiger partial charge in [-0.3, -0.25) is 14.8 Å². The molecule has 1 aliphatic rings. The molecule has 3 N–H and O–H groups in total. The molecule has 2 aromatic carbocycles. The lowest BCUT2D eigenvalue weighted by Crippen LogP contribution is -2.53. The van der Waals surface area contributed by atoms with Crippen LogP contribution in [0, 0.1) is 17.5 Å². The van der Waals surface area contributed by atoms with Crippen molar-refractivity contribution in [1.29, 1.82) is 0 Å². The molecule has 2 heterocycles. The molecule has 0 aliphatic carbocycles. The second-order valence-corrected chi connectivity index (χ2v) is 8.52. The summed E-state index contributed by atoms with van der Waals surface area (Å²) in [5.74, 6) is -5.45.